The van der Waals surface area contributed by atoms with Crippen LogP contribution in [0.3, 0.4) is 0 Å². The van der Waals surface area contributed by atoms with Gasteiger partial charge in [-0.2, -0.15) is 4.68 Å². The molecule has 6 heteroatoms. The lowest BCUT2D eigenvalue weighted by molar-refractivity contribution is -0.929. The van der Waals surface area contributed by atoms with Crippen molar-refractivity contribution in [2.24, 2.45) is 5.92 Å². The van der Waals surface area contributed by atoms with Crippen molar-refractivity contribution in [2.45, 2.75) is 32.9 Å². The van der Waals surface area contributed by atoms with Gasteiger partial charge >= 0.3 is 0 Å². The summed E-state index contributed by atoms with van der Waals surface area (Å²) in [7, 11) is 0. The number of para-hydroxylation sites is 1. The van der Waals surface area contributed by atoms with Crippen molar-refractivity contribution in [2.75, 3.05) is 13.1 Å². The van der Waals surface area contributed by atoms with Crippen LogP contribution in [0.25, 0.3) is 17.1 Å². The maximum absolute atomic E-state index is 5.96. The van der Waals surface area contributed by atoms with E-state index in [1.54, 1.807) is 11.1 Å². The van der Waals surface area contributed by atoms with Gasteiger partial charge in [-0.15, -0.1) is 5.10 Å². The molecule has 1 aliphatic rings. The topological polar surface area (TPSA) is 40.1 Å². The summed E-state index contributed by atoms with van der Waals surface area (Å²) in [6.45, 7) is 5.21. The first kappa shape index (κ1) is 21.7. The number of rotatable bonds is 6. The molecular formula is C27H30N5S+. The Bertz CT molecular complexity index is 1250. The van der Waals surface area contributed by atoms with Crippen molar-refractivity contribution in [3.8, 4) is 17.1 Å². The van der Waals surface area contributed by atoms with E-state index in [1.807, 2.05) is 23.0 Å². The Kier molecular flexibility index (Phi) is 6.46. The standard InChI is InChI=1S/C27H29N5S/c1-21-8-5-6-12-25(21)32-26(24-11-7-15-28-19-24)29-31(27(32)33)20-30-16-13-23(14-17-30)18-22-9-3-2-4-10-22/h2-12,15,19,23H,13-14,16-18,20H2,1H3/p+1. The SMILES string of the molecule is Cc1ccccc1-n1c(-c2cccnc2)nn(C[NH+]2CCC(Cc3ccccc3)CC2)c1=S. The number of hydrogen-bond donors (Lipinski definition) is 1. The zero-order chi connectivity index (χ0) is 22.6. The minimum atomic E-state index is 0.738. The van der Waals surface area contributed by atoms with E-state index in [1.165, 1.54) is 30.4 Å². The molecule has 0 radical (unpaired) electrons. The minimum Gasteiger partial charge on any atom is -0.316 e. The Morgan fingerprint density at radius 3 is 2.45 bits per heavy atom. The van der Waals surface area contributed by atoms with E-state index in [9.17, 15) is 0 Å². The van der Waals surface area contributed by atoms with Crippen LogP contribution in [0.2, 0.25) is 0 Å². The van der Waals surface area contributed by atoms with Crippen LogP contribution in [-0.4, -0.2) is 32.4 Å². The lowest BCUT2D eigenvalue weighted by Crippen LogP contribution is -3.12. The summed E-state index contributed by atoms with van der Waals surface area (Å²) in [4.78, 5) is 5.86. The Morgan fingerprint density at radius 1 is 0.970 bits per heavy atom. The van der Waals surface area contributed by atoms with E-state index in [0.29, 0.717) is 0 Å². The van der Waals surface area contributed by atoms with Gasteiger partial charge in [0.2, 0.25) is 4.77 Å². The third kappa shape index (κ3) is 4.82. The number of aromatic nitrogens is 4. The fraction of sp³-hybridized carbons (Fsp3) is 0.296. The Morgan fingerprint density at radius 2 is 1.73 bits per heavy atom. The van der Waals surface area contributed by atoms with Gasteiger partial charge in [-0.25, -0.2) is 0 Å². The van der Waals surface area contributed by atoms with Crippen LogP contribution in [-0.2, 0) is 13.1 Å². The van der Waals surface area contributed by atoms with E-state index in [4.69, 9.17) is 17.3 Å². The molecule has 0 aliphatic carbocycles. The van der Waals surface area contributed by atoms with Gasteiger partial charge in [0.15, 0.2) is 12.5 Å². The van der Waals surface area contributed by atoms with Gasteiger partial charge in [-0.1, -0.05) is 48.5 Å². The molecule has 2 aromatic carbocycles. The lowest BCUT2D eigenvalue weighted by atomic mass is 9.90. The molecule has 5 nitrogen and oxygen atoms in total. The van der Waals surface area contributed by atoms with Crippen molar-refractivity contribution in [1.29, 1.82) is 0 Å². The number of hydrogen-bond acceptors (Lipinski definition) is 3. The van der Waals surface area contributed by atoms with Crippen LogP contribution < -0.4 is 4.90 Å². The van der Waals surface area contributed by atoms with Gasteiger partial charge in [0.1, 0.15) is 0 Å². The van der Waals surface area contributed by atoms with Crippen LogP contribution in [0.5, 0.6) is 0 Å². The number of likely N-dealkylation sites (tertiary alicyclic amines) is 1. The quantitative estimate of drug-likeness (QED) is 0.441. The molecule has 3 heterocycles. The van der Waals surface area contributed by atoms with Gasteiger partial charge in [0, 0.05) is 18.0 Å². The molecule has 1 N–H and O–H groups in total. The Hall–Kier alpha value is -3.09. The van der Waals surface area contributed by atoms with Crippen LogP contribution in [0.15, 0.2) is 79.1 Å². The van der Waals surface area contributed by atoms with E-state index < -0.39 is 0 Å². The van der Waals surface area contributed by atoms with E-state index in [2.05, 4.69) is 71.1 Å². The molecule has 0 bridgehead atoms. The highest BCUT2D eigenvalue weighted by atomic mass is 32.1. The molecule has 1 fully saturated rings. The van der Waals surface area contributed by atoms with Gasteiger partial charge in [-0.05, 0) is 73.6 Å². The van der Waals surface area contributed by atoms with Gasteiger partial charge in [0.05, 0.1) is 18.8 Å². The van der Waals surface area contributed by atoms with Gasteiger partial charge < -0.3 is 4.90 Å². The molecule has 0 atom stereocenters. The fourth-order valence-electron chi connectivity index (χ4n) is 4.83. The van der Waals surface area contributed by atoms with E-state index in [0.717, 1.165) is 47.5 Å². The molecule has 0 unspecified atom stereocenters. The highest BCUT2D eigenvalue weighted by Crippen LogP contribution is 2.24. The van der Waals surface area contributed by atoms with E-state index >= 15 is 0 Å². The minimum absolute atomic E-state index is 0.738. The molecule has 168 valence electrons. The predicted octanol–water partition coefficient (Wildman–Crippen LogP) is 4.27. The fourth-order valence-corrected chi connectivity index (χ4v) is 5.12. The second-order valence-corrected chi connectivity index (χ2v) is 9.38. The second-order valence-electron chi connectivity index (χ2n) is 9.01. The molecule has 0 spiro atoms. The number of benzene rings is 2. The maximum Gasteiger partial charge on any atom is 0.207 e. The molecule has 33 heavy (non-hydrogen) atoms. The van der Waals surface area contributed by atoms with Crippen molar-refractivity contribution >= 4 is 12.2 Å². The summed E-state index contributed by atoms with van der Waals surface area (Å²) in [6.07, 6.45) is 7.31. The Balaban J connectivity index is 1.37. The lowest BCUT2D eigenvalue weighted by Gasteiger charge is -2.29. The smallest absolute Gasteiger partial charge is 0.207 e. The first-order valence-corrected chi connectivity index (χ1v) is 12.1. The van der Waals surface area contributed by atoms with Crippen molar-refractivity contribution in [3.63, 3.8) is 0 Å². The van der Waals surface area contributed by atoms with Crippen LogP contribution in [0.1, 0.15) is 24.0 Å². The van der Waals surface area contributed by atoms with Crippen molar-refractivity contribution in [3.05, 3.63) is 95.0 Å². The molecular weight excluding hydrogens is 426 g/mol. The zero-order valence-electron chi connectivity index (χ0n) is 19.0. The molecule has 1 saturated heterocycles. The molecule has 5 rings (SSSR count). The monoisotopic (exact) mass is 456 g/mol. The normalized spacial score (nSPS) is 18.3. The highest BCUT2D eigenvalue weighted by molar-refractivity contribution is 7.71. The maximum atomic E-state index is 5.96. The zero-order valence-corrected chi connectivity index (χ0v) is 19.8. The van der Waals surface area contributed by atoms with Crippen LogP contribution in [0, 0.1) is 17.6 Å². The summed E-state index contributed by atoms with van der Waals surface area (Å²) in [5, 5.41) is 4.99. The predicted molar refractivity (Wildman–Crippen MR) is 134 cm³/mol. The number of pyridine rings is 1. The van der Waals surface area contributed by atoms with Gasteiger partial charge in [-0.3, -0.25) is 9.55 Å². The number of aryl methyl sites for hydroxylation is 1. The molecule has 1 aliphatic heterocycles. The first-order chi connectivity index (χ1) is 16.2. The third-order valence-corrected chi connectivity index (χ3v) is 7.06. The summed E-state index contributed by atoms with van der Waals surface area (Å²) < 4.78 is 4.85. The summed E-state index contributed by atoms with van der Waals surface area (Å²) >= 11 is 5.96. The molecule has 2 aromatic heterocycles. The largest absolute Gasteiger partial charge is 0.316 e. The van der Waals surface area contributed by atoms with Crippen LogP contribution in [0.4, 0.5) is 0 Å². The third-order valence-electron chi connectivity index (χ3n) is 6.67. The average molecular weight is 457 g/mol. The van der Waals surface area contributed by atoms with Crippen LogP contribution >= 0.6 is 12.2 Å². The Labute approximate surface area is 200 Å². The molecule has 0 amide bonds. The van der Waals surface area contributed by atoms with Crippen molar-refractivity contribution in [1.82, 2.24) is 19.3 Å². The first-order valence-electron chi connectivity index (χ1n) is 11.7. The summed E-state index contributed by atoms with van der Waals surface area (Å²) in [5.41, 5.74) is 4.67. The number of nitrogens with zero attached hydrogens (tertiary/aromatic N) is 4. The number of piperidine rings is 1. The van der Waals surface area contributed by atoms with Gasteiger partial charge in [0.25, 0.3) is 0 Å². The van der Waals surface area contributed by atoms with Crippen molar-refractivity contribution < 1.29 is 4.90 Å². The highest BCUT2D eigenvalue weighted by Gasteiger charge is 2.24. The second kappa shape index (κ2) is 9.81. The molecule has 0 saturated carbocycles. The summed E-state index contributed by atoms with van der Waals surface area (Å²) in [5.74, 6) is 1.61. The molecule has 4 aromatic rings. The average Bonchev–Trinajstić information content (AvgIpc) is 3.17. The summed E-state index contributed by atoms with van der Waals surface area (Å²) in [6, 6.07) is 23.2. The number of quaternary nitrogens is 1. The van der Waals surface area contributed by atoms with E-state index in [-0.39, 0.29) is 0 Å². The number of nitrogens with one attached hydrogen (secondary N) is 1.